The molecule has 0 aliphatic heterocycles. The van der Waals surface area contributed by atoms with Gasteiger partial charge in [-0.05, 0) is 55.3 Å². The summed E-state index contributed by atoms with van der Waals surface area (Å²) in [4.78, 5) is 1.88. The van der Waals surface area contributed by atoms with Crippen LogP contribution in [0.4, 0.5) is 15.8 Å². The summed E-state index contributed by atoms with van der Waals surface area (Å²) >= 11 is 0. The molecule has 0 aliphatic rings. The fourth-order valence-electron chi connectivity index (χ4n) is 2.13. The summed E-state index contributed by atoms with van der Waals surface area (Å²) in [5.74, 6) is -0.398. The summed E-state index contributed by atoms with van der Waals surface area (Å²) in [5.41, 5.74) is 4.28. The summed E-state index contributed by atoms with van der Waals surface area (Å²) in [6, 6.07) is 12.5. The first-order chi connectivity index (χ1) is 8.99. The van der Waals surface area contributed by atoms with E-state index in [0.717, 1.165) is 16.8 Å². The van der Waals surface area contributed by atoms with Crippen molar-refractivity contribution < 1.29 is 4.39 Å². The minimum absolute atomic E-state index is 0.325. The van der Waals surface area contributed by atoms with E-state index in [1.807, 2.05) is 44.0 Å². The molecule has 2 rings (SSSR count). The molecule has 2 aromatic carbocycles. The van der Waals surface area contributed by atoms with E-state index >= 15 is 0 Å². The zero-order valence-corrected chi connectivity index (χ0v) is 11.2. The molecule has 0 atom stereocenters. The van der Waals surface area contributed by atoms with Gasteiger partial charge in [-0.3, -0.25) is 0 Å². The molecule has 0 heterocycles. The molecule has 0 radical (unpaired) electrons. The van der Waals surface area contributed by atoms with Gasteiger partial charge in [-0.15, -0.1) is 0 Å². The van der Waals surface area contributed by atoms with Crippen LogP contribution in [0.15, 0.2) is 36.4 Å². The quantitative estimate of drug-likeness (QED) is 0.807. The highest BCUT2D eigenvalue weighted by molar-refractivity contribution is 5.65. The van der Waals surface area contributed by atoms with Gasteiger partial charge >= 0.3 is 0 Å². The van der Waals surface area contributed by atoms with Crippen molar-refractivity contribution in [3.05, 3.63) is 58.9 Å². The average molecular weight is 254 g/mol. The van der Waals surface area contributed by atoms with E-state index < -0.39 is 5.82 Å². The van der Waals surface area contributed by atoms with Gasteiger partial charge in [0.15, 0.2) is 0 Å². The third-order valence-electron chi connectivity index (χ3n) is 2.99. The van der Waals surface area contributed by atoms with Crippen molar-refractivity contribution in [2.24, 2.45) is 0 Å². The molecular formula is C16H15FN2. The van der Waals surface area contributed by atoms with E-state index in [-0.39, 0.29) is 0 Å². The van der Waals surface area contributed by atoms with Crippen LogP contribution in [0.25, 0.3) is 0 Å². The van der Waals surface area contributed by atoms with Gasteiger partial charge in [-0.25, -0.2) is 4.39 Å². The molecule has 0 aromatic heterocycles. The normalized spacial score (nSPS) is 10.1. The Balaban J connectivity index is 2.46. The first-order valence-corrected chi connectivity index (χ1v) is 6.02. The maximum absolute atomic E-state index is 13.5. The fourth-order valence-corrected chi connectivity index (χ4v) is 2.13. The van der Waals surface area contributed by atoms with E-state index in [1.54, 1.807) is 6.07 Å². The highest BCUT2D eigenvalue weighted by Gasteiger charge is 2.08. The van der Waals surface area contributed by atoms with Gasteiger partial charge in [0.25, 0.3) is 0 Å². The molecule has 0 fully saturated rings. The van der Waals surface area contributed by atoms with Gasteiger partial charge in [0.2, 0.25) is 0 Å². The lowest BCUT2D eigenvalue weighted by atomic mass is 10.1. The van der Waals surface area contributed by atoms with Crippen molar-refractivity contribution in [3.63, 3.8) is 0 Å². The number of hydrogen-bond acceptors (Lipinski definition) is 2. The van der Waals surface area contributed by atoms with Crippen LogP contribution in [-0.4, -0.2) is 7.05 Å². The number of anilines is 2. The molecule has 0 unspecified atom stereocenters. The molecule has 0 N–H and O–H groups in total. The number of hydrogen-bond donors (Lipinski definition) is 0. The van der Waals surface area contributed by atoms with Crippen LogP contribution in [0.5, 0.6) is 0 Å². The van der Waals surface area contributed by atoms with Crippen molar-refractivity contribution in [1.82, 2.24) is 0 Å². The number of nitriles is 1. The van der Waals surface area contributed by atoms with Crippen LogP contribution in [0, 0.1) is 31.0 Å². The Morgan fingerprint density at radius 1 is 0.947 bits per heavy atom. The van der Waals surface area contributed by atoms with Gasteiger partial charge < -0.3 is 4.90 Å². The van der Waals surface area contributed by atoms with Crippen LogP contribution >= 0.6 is 0 Å². The number of nitrogens with zero attached hydrogens (tertiary/aromatic N) is 2. The summed E-state index contributed by atoms with van der Waals surface area (Å²) < 4.78 is 13.5. The molecule has 0 amide bonds. The van der Waals surface area contributed by atoms with E-state index in [4.69, 9.17) is 5.26 Å². The van der Waals surface area contributed by atoms with Crippen molar-refractivity contribution in [1.29, 1.82) is 5.26 Å². The average Bonchev–Trinajstić information content (AvgIpc) is 2.35. The molecule has 96 valence electrons. The molecule has 0 aliphatic carbocycles. The molecule has 19 heavy (non-hydrogen) atoms. The van der Waals surface area contributed by atoms with Crippen LogP contribution in [-0.2, 0) is 0 Å². The summed E-state index contributed by atoms with van der Waals surface area (Å²) in [5, 5.41) is 8.89. The third-order valence-corrected chi connectivity index (χ3v) is 2.99. The number of aryl methyl sites for hydroxylation is 2. The van der Waals surface area contributed by atoms with Crippen LogP contribution in [0.3, 0.4) is 0 Å². The van der Waals surface area contributed by atoms with Crippen LogP contribution in [0.1, 0.15) is 16.7 Å². The zero-order chi connectivity index (χ0) is 14.0. The third kappa shape index (κ3) is 2.92. The smallest absolute Gasteiger partial charge is 0.126 e. The lowest BCUT2D eigenvalue weighted by Gasteiger charge is -2.21. The Morgan fingerprint density at radius 2 is 1.53 bits per heavy atom. The largest absolute Gasteiger partial charge is 0.344 e. The topological polar surface area (TPSA) is 27.0 Å². The molecule has 2 nitrogen and oxygen atoms in total. The second-order valence-electron chi connectivity index (χ2n) is 4.71. The summed E-state index contributed by atoms with van der Waals surface area (Å²) in [6.07, 6.45) is 0. The lowest BCUT2D eigenvalue weighted by molar-refractivity contribution is 0.627. The predicted octanol–water partition coefficient (Wildman–Crippen LogP) is 4.08. The van der Waals surface area contributed by atoms with Gasteiger partial charge in [-0.1, -0.05) is 6.07 Å². The van der Waals surface area contributed by atoms with Crippen LogP contribution < -0.4 is 4.90 Å². The monoisotopic (exact) mass is 254 g/mol. The number of halogens is 1. The van der Waals surface area contributed by atoms with Crippen molar-refractivity contribution >= 4 is 11.4 Å². The zero-order valence-electron chi connectivity index (χ0n) is 11.2. The van der Waals surface area contributed by atoms with Crippen LogP contribution in [0.2, 0.25) is 0 Å². The second kappa shape index (κ2) is 5.11. The van der Waals surface area contributed by atoms with Gasteiger partial charge in [0, 0.05) is 18.4 Å². The highest BCUT2D eigenvalue weighted by atomic mass is 19.1. The Hall–Kier alpha value is -2.34. The van der Waals surface area contributed by atoms with Crippen molar-refractivity contribution in [2.75, 3.05) is 11.9 Å². The Labute approximate surface area is 112 Å². The lowest BCUT2D eigenvalue weighted by Crippen LogP contribution is -2.10. The van der Waals surface area contributed by atoms with E-state index in [1.165, 1.54) is 12.1 Å². The molecule has 0 bridgehead atoms. The molecule has 2 aromatic rings. The minimum Gasteiger partial charge on any atom is -0.344 e. The van der Waals surface area contributed by atoms with Gasteiger partial charge in [-0.2, -0.15) is 5.26 Å². The highest BCUT2D eigenvalue weighted by Crippen LogP contribution is 2.27. The first kappa shape index (κ1) is 13.1. The maximum atomic E-state index is 13.5. The Bertz CT molecular complexity index is 636. The first-order valence-electron chi connectivity index (χ1n) is 6.02. The second-order valence-corrected chi connectivity index (χ2v) is 4.71. The Morgan fingerprint density at radius 3 is 2.11 bits per heavy atom. The molecule has 0 saturated carbocycles. The minimum atomic E-state index is -0.398. The number of benzene rings is 2. The maximum Gasteiger partial charge on any atom is 0.126 e. The molecular weight excluding hydrogens is 239 g/mol. The molecule has 3 heteroatoms. The summed E-state index contributed by atoms with van der Waals surface area (Å²) in [6.45, 7) is 4.05. The van der Waals surface area contributed by atoms with E-state index in [9.17, 15) is 4.39 Å². The molecule has 0 spiro atoms. The van der Waals surface area contributed by atoms with Crippen molar-refractivity contribution in [3.8, 4) is 6.07 Å². The van der Waals surface area contributed by atoms with Crippen molar-refractivity contribution in [2.45, 2.75) is 13.8 Å². The number of rotatable bonds is 2. The standard InChI is InChI=1S/C16H15FN2/c1-11-4-12(2)6-15(5-11)19(3)16-8-13(10-18)7-14(17)9-16/h4-9H,1-3H3. The van der Waals surface area contributed by atoms with Gasteiger partial charge in [0.05, 0.1) is 11.6 Å². The molecule has 0 saturated heterocycles. The summed E-state index contributed by atoms with van der Waals surface area (Å²) in [7, 11) is 1.87. The Kier molecular flexibility index (Phi) is 3.52. The fraction of sp³-hybridized carbons (Fsp3) is 0.188. The predicted molar refractivity (Wildman–Crippen MR) is 75.1 cm³/mol. The van der Waals surface area contributed by atoms with E-state index in [2.05, 4.69) is 6.07 Å². The SMILES string of the molecule is Cc1cc(C)cc(N(C)c2cc(F)cc(C#N)c2)c1. The van der Waals surface area contributed by atoms with E-state index in [0.29, 0.717) is 11.3 Å². The van der Waals surface area contributed by atoms with Gasteiger partial charge in [0.1, 0.15) is 5.82 Å².